The van der Waals surface area contributed by atoms with Crippen molar-refractivity contribution in [3.8, 4) is 12.1 Å². The molecular formula is C18H23N3OS. The lowest BCUT2D eigenvalue weighted by molar-refractivity contribution is -0.131. The number of hydrogen-bond donors (Lipinski definition) is 0. The van der Waals surface area contributed by atoms with Crippen LogP contribution in [0.25, 0.3) is 0 Å². The van der Waals surface area contributed by atoms with Crippen LogP contribution in [0.5, 0.6) is 0 Å². The first-order chi connectivity index (χ1) is 11.2. The molecule has 1 amide bonds. The van der Waals surface area contributed by atoms with Crippen LogP contribution in [-0.2, 0) is 4.79 Å². The molecule has 5 heteroatoms. The third-order valence-corrected chi connectivity index (χ3v) is 4.43. The quantitative estimate of drug-likeness (QED) is 0.643. The Kier molecular flexibility index (Phi) is 8.87. The molecule has 1 aromatic carbocycles. The summed E-state index contributed by atoms with van der Waals surface area (Å²) >= 11 is 1.61. The van der Waals surface area contributed by atoms with Crippen molar-refractivity contribution < 1.29 is 4.79 Å². The van der Waals surface area contributed by atoms with Gasteiger partial charge in [0.2, 0.25) is 5.91 Å². The molecule has 0 spiro atoms. The predicted octanol–water partition coefficient (Wildman–Crippen LogP) is 3.95. The molecule has 0 unspecified atom stereocenters. The van der Waals surface area contributed by atoms with E-state index >= 15 is 0 Å². The fourth-order valence-electron chi connectivity index (χ4n) is 2.16. The fraction of sp³-hybridized carbons (Fsp3) is 0.500. The molecule has 0 aliphatic heterocycles. The van der Waals surface area contributed by atoms with Crippen molar-refractivity contribution in [3.63, 3.8) is 0 Å². The van der Waals surface area contributed by atoms with E-state index in [0.717, 1.165) is 36.5 Å². The van der Waals surface area contributed by atoms with Gasteiger partial charge in [-0.25, -0.2) is 0 Å². The minimum atomic E-state index is 0.221. The van der Waals surface area contributed by atoms with E-state index in [-0.39, 0.29) is 5.91 Å². The van der Waals surface area contributed by atoms with E-state index in [2.05, 4.69) is 6.92 Å². The van der Waals surface area contributed by atoms with Gasteiger partial charge in [0.15, 0.2) is 0 Å². The summed E-state index contributed by atoms with van der Waals surface area (Å²) in [6, 6.07) is 9.34. The Morgan fingerprint density at radius 3 is 2.48 bits per heavy atom. The number of carbonyl (C=O) groups excluding carboxylic acids is 1. The smallest absolute Gasteiger partial charge is 0.222 e. The Morgan fingerprint density at radius 2 is 1.87 bits per heavy atom. The number of benzene rings is 1. The highest BCUT2D eigenvalue weighted by Gasteiger charge is 2.12. The Balaban J connectivity index is 2.60. The summed E-state index contributed by atoms with van der Waals surface area (Å²) in [6.45, 7) is 5.67. The molecule has 0 aromatic heterocycles. The Morgan fingerprint density at radius 1 is 1.13 bits per heavy atom. The SMILES string of the molecule is CCCCN(CCSc1ccc(C#N)c(C#N)c1)C(=O)CCC. The van der Waals surface area contributed by atoms with Crippen LogP contribution in [0.2, 0.25) is 0 Å². The fourth-order valence-corrected chi connectivity index (χ4v) is 3.07. The minimum Gasteiger partial charge on any atom is -0.342 e. The molecule has 0 radical (unpaired) electrons. The average Bonchev–Trinajstić information content (AvgIpc) is 2.57. The monoisotopic (exact) mass is 329 g/mol. The second-order valence-corrected chi connectivity index (χ2v) is 6.43. The molecule has 0 aliphatic carbocycles. The third kappa shape index (κ3) is 6.34. The summed E-state index contributed by atoms with van der Waals surface area (Å²) in [6.07, 6.45) is 3.57. The molecular weight excluding hydrogens is 306 g/mol. The number of unbranched alkanes of at least 4 members (excludes halogenated alkanes) is 1. The van der Waals surface area contributed by atoms with E-state index in [9.17, 15) is 4.79 Å². The molecule has 4 nitrogen and oxygen atoms in total. The van der Waals surface area contributed by atoms with Crippen LogP contribution in [0.3, 0.4) is 0 Å². The molecule has 0 heterocycles. The number of nitriles is 2. The molecule has 0 saturated heterocycles. The van der Waals surface area contributed by atoms with Gasteiger partial charge in [0.25, 0.3) is 0 Å². The number of carbonyl (C=O) groups is 1. The van der Waals surface area contributed by atoms with Gasteiger partial charge in [-0.1, -0.05) is 20.3 Å². The Bertz CT molecular complexity index is 601. The largest absolute Gasteiger partial charge is 0.342 e. The molecule has 23 heavy (non-hydrogen) atoms. The zero-order chi connectivity index (χ0) is 17.1. The average molecular weight is 329 g/mol. The van der Waals surface area contributed by atoms with E-state index in [1.807, 2.05) is 30.0 Å². The molecule has 0 bridgehead atoms. The van der Waals surface area contributed by atoms with Crippen molar-refractivity contribution in [1.82, 2.24) is 4.90 Å². The topological polar surface area (TPSA) is 67.9 Å². The van der Waals surface area contributed by atoms with Crippen molar-refractivity contribution in [3.05, 3.63) is 29.3 Å². The first kappa shape index (κ1) is 19.1. The van der Waals surface area contributed by atoms with E-state index in [1.54, 1.807) is 23.9 Å². The zero-order valence-corrected chi connectivity index (χ0v) is 14.7. The molecule has 0 aliphatic rings. The zero-order valence-electron chi connectivity index (χ0n) is 13.8. The molecule has 122 valence electrons. The van der Waals surface area contributed by atoms with E-state index in [4.69, 9.17) is 10.5 Å². The van der Waals surface area contributed by atoms with Crippen molar-refractivity contribution in [1.29, 1.82) is 10.5 Å². The molecule has 0 N–H and O–H groups in total. The van der Waals surface area contributed by atoms with Gasteiger partial charge >= 0.3 is 0 Å². The van der Waals surface area contributed by atoms with E-state index < -0.39 is 0 Å². The Hall–Kier alpha value is -1.98. The van der Waals surface area contributed by atoms with Crippen LogP contribution < -0.4 is 0 Å². The summed E-state index contributed by atoms with van der Waals surface area (Å²) in [4.78, 5) is 15.0. The minimum absolute atomic E-state index is 0.221. The van der Waals surface area contributed by atoms with Crippen molar-refractivity contribution in [2.75, 3.05) is 18.8 Å². The van der Waals surface area contributed by atoms with Crippen LogP contribution in [0.15, 0.2) is 23.1 Å². The lowest BCUT2D eigenvalue weighted by atomic mass is 10.1. The van der Waals surface area contributed by atoms with Crippen LogP contribution in [0, 0.1) is 22.7 Å². The predicted molar refractivity (Wildman–Crippen MR) is 93.0 cm³/mol. The van der Waals surface area contributed by atoms with Gasteiger partial charge in [0, 0.05) is 30.2 Å². The second kappa shape index (κ2) is 10.7. The molecule has 0 saturated carbocycles. The van der Waals surface area contributed by atoms with Crippen molar-refractivity contribution in [2.45, 2.75) is 44.4 Å². The lowest BCUT2D eigenvalue weighted by Gasteiger charge is -2.22. The number of nitrogens with zero attached hydrogens (tertiary/aromatic N) is 3. The second-order valence-electron chi connectivity index (χ2n) is 5.26. The summed E-state index contributed by atoms with van der Waals surface area (Å²) in [7, 11) is 0. The maximum atomic E-state index is 12.1. The van der Waals surface area contributed by atoms with Crippen LogP contribution in [0.4, 0.5) is 0 Å². The summed E-state index contributed by atoms with van der Waals surface area (Å²) < 4.78 is 0. The van der Waals surface area contributed by atoms with Crippen LogP contribution >= 0.6 is 11.8 Å². The van der Waals surface area contributed by atoms with Gasteiger partial charge in [-0.05, 0) is 31.0 Å². The number of amides is 1. The summed E-state index contributed by atoms with van der Waals surface area (Å²) in [5, 5.41) is 18.0. The number of hydrogen-bond acceptors (Lipinski definition) is 4. The first-order valence-electron chi connectivity index (χ1n) is 8.01. The maximum Gasteiger partial charge on any atom is 0.222 e. The standard InChI is InChI=1S/C18H23N3OS/c1-3-5-9-21(18(22)6-4-2)10-11-23-17-8-7-15(13-19)16(12-17)14-20/h7-8,12H,3-6,9-11H2,1-2H3. The first-order valence-corrected chi connectivity index (χ1v) is 8.99. The molecule has 0 fully saturated rings. The molecule has 1 rings (SSSR count). The van der Waals surface area contributed by atoms with Gasteiger partial charge in [-0.2, -0.15) is 10.5 Å². The highest BCUT2D eigenvalue weighted by Crippen LogP contribution is 2.21. The van der Waals surface area contributed by atoms with Gasteiger partial charge in [-0.15, -0.1) is 11.8 Å². The van der Waals surface area contributed by atoms with Gasteiger partial charge in [0.1, 0.15) is 12.1 Å². The summed E-state index contributed by atoms with van der Waals surface area (Å²) in [5.41, 5.74) is 0.807. The van der Waals surface area contributed by atoms with E-state index in [0.29, 0.717) is 24.1 Å². The molecule has 0 atom stereocenters. The van der Waals surface area contributed by atoms with E-state index in [1.165, 1.54) is 0 Å². The lowest BCUT2D eigenvalue weighted by Crippen LogP contribution is -2.33. The van der Waals surface area contributed by atoms with Gasteiger partial charge in [-0.3, -0.25) is 4.79 Å². The van der Waals surface area contributed by atoms with Crippen molar-refractivity contribution in [2.24, 2.45) is 0 Å². The Labute approximate surface area is 143 Å². The number of rotatable bonds is 9. The third-order valence-electron chi connectivity index (χ3n) is 3.46. The van der Waals surface area contributed by atoms with Crippen LogP contribution in [0.1, 0.15) is 50.7 Å². The van der Waals surface area contributed by atoms with Crippen molar-refractivity contribution >= 4 is 17.7 Å². The number of thioether (sulfide) groups is 1. The van der Waals surface area contributed by atoms with Crippen LogP contribution in [-0.4, -0.2) is 29.6 Å². The molecule has 1 aromatic rings. The highest BCUT2D eigenvalue weighted by molar-refractivity contribution is 7.99. The summed E-state index contributed by atoms with van der Waals surface area (Å²) in [5.74, 6) is 1.01. The highest BCUT2D eigenvalue weighted by atomic mass is 32.2. The van der Waals surface area contributed by atoms with Gasteiger partial charge in [0.05, 0.1) is 11.1 Å². The van der Waals surface area contributed by atoms with Gasteiger partial charge < -0.3 is 4.90 Å². The maximum absolute atomic E-state index is 12.1. The normalized spacial score (nSPS) is 9.91.